The van der Waals surface area contributed by atoms with Gasteiger partial charge in [0.25, 0.3) is 0 Å². The molecule has 0 spiro atoms. The molecule has 2 amide bonds. The highest BCUT2D eigenvalue weighted by atomic mass is 19.1. The molecule has 4 rings (SSSR count). The van der Waals surface area contributed by atoms with Gasteiger partial charge >= 0.3 is 0 Å². The molecule has 2 saturated heterocycles. The highest BCUT2D eigenvalue weighted by Crippen LogP contribution is 2.46. The number of hydrogen-bond donors (Lipinski definition) is 2. The van der Waals surface area contributed by atoms with Gasteiger partial charge in [0, 0.05) is 32.0 Å². The van der Waals surface area contributed by atoms with E-state index in [1.807, 2.05) is 25.1 Å². The molecule has 6 nitrogen and oxygen atoms in total. The Morgan fingerprint density at radius 1 is 1.16 bits per heavy atom. The second kappa shape index (κ2) is 9.00. The van der Waals surface area contributed by atoms with Crippen LogP contribution in [0, 0.1) is 18.7 Å². The number of aryl methyl sites for hydroxylation is 1. The first-order valence-electron chi connectivity index (χ1n) is 11.1. The third-order valence-corrected chi connectivity index (χ3v) is 6.69. The lowest BCUT2D eigenvalue weighted by Crippen LogP contribution is -2.64. The largest absolute Gasteiger partial charge is 0.348 e. The Morgan fingerprint density at radius 2 is 1.91 bits per heavy atom. The van der Waals surface area contributed by atoms with Gasteiger partial charge in [-0.3, -0.25) is 19.4 Å². The molecular formula is C25H31FN4O2. The van der Waals surface area contributed by atoms with Crippen LogP contribution in [0.3, 0.4) is 0 Å². The summed E-state index contributed by atoms with van der Waals surface area (Å²) in [4.78, 5) is 29.2. The van der Waals surface area contributed by atoms with Crippen molar-refractivity contribution in [1.82, 2.24) is 15.1 Å². The standard InChI is InChI=1S/C25H31FN4O2/c1-17-9-10-21(26)22(13-17)27-23(32)14-30-12-11-20-24(19-7-5-4-6-8-19)29(3)15-25(20,16-30)28-18(2)31/h4-10,13,20,24H,11-12,14-16H2,1-3H3,(H,27,32)(H,28,31)/t20-,24-,25+/m1/s1. The van der Waals surface area contributed by atoms with Crippen LogP contribution in [0.4, 0.5) is 10.1 Å². The van der Waals surface area contributed by atoms with Crippen LogP contribution in [0.5, 0.6) is 0 Å². The van der Waals surface area contributed by atoms with Gasteiger partial charge < -0.3 is 10.6 Å². The summed E-state index contributed by atoms with van der Waals surface area (Å²) in [5, 5.41) is 5.94. The highest BCUT2D eigenvalue weighted by molar-refractivity contribution is 5.92. The molecule has 2 N–H and O–H groups in total. The van der Waals surface area contributed by atoms with E-state index >= 15 is 0 Å². The lowest BCUT2D eigenvalue weighted by molar-refractivity contribution is -0.122. The van der Waals surface area contributed by atoms with E-state index in [0.29, 0.717) is 13.1 Å². The van der Waals surface area contributed by atoms with E-state index in [-0.39, 0.29) is 36.0 Å². The molecule has 0 radical (unpaired) electrons. The van der Waals surface area contributed by atoms with Crippen molar-refractivity contribution in [3.8, 4) is 0 Å². The number of hydrogen-bond acceptors (Lipinski definition) is 4. The van der Waals surface area contributed by atoms with E-state index in [9.17, 15) is 14.0 Å². The van der Waals surface area contributed by atoms with Crippen molar-refractivity contribution in [1.29, 1.82) is 0 Å². The van der Waals surface area contributed by atoms with Gasteiger partial charge in [-0.05, 0) is 50.2 Å². The van der Waals surface area contributed by atoms with Crippen molar-refractivity contribution in [2.24, 2.45) is 5.92 Å². The zero-order valence-corrected chi connectivity index (χ0v) is 18.9. The average Bonchev–Trinajstić information content (AvgIpc) is 3.01. The molecule has 3 atom stereocenters. The van der Waals surface area contributed by atoms with Gasteiger partial charge in [0.1, 0.15) is 5.82 Å². The van der Waals surface area contributed by atoms with Crippen LogP contribution in [0.25, 0.3) is 0 Å². The lowest BCUT2D eigenvalue weighted by Gasteiger charge is -2.45. The Kier molecular flexibility index (Phi) is 6.31. The lowest BCUT2D eigenvalue weighted by atomic mass is 9.75. The first kappa shape index (κ1) is 22.4. The Labute approximate surface area is 188 Å². The van der Waals surface area contributed by atoms with Crippen LogP contribution >= 0.6 is 0 Å². The van der Waals surface area contributed by atoms with Crippen LogP contribution < -0.4 is 10.6 Å². The number of carbonyl (C=O) groups excluding carboxylic acids is 2. The number of halogens is 1. The van der Waals surface area contributed by atoms with Crippen molar-refractivity contribution < 1.29 is 14.0 Å². The summed E-state index contributed by atoms with van der Waals surface area (Å²) in [6, 6.07) is 15.3. The minimum Gasteiger partial charge on any atom is -0.348 e. The van der Waals surface area contributed by atoms with Gasteiger partial charge in [0.2, 0.25) is 11.8 Å². The summed E-state index contributed by atoms with van der Waals surface area (Å²) in [5.74, 6) is -0.519. The number of rotatable bonds is 5. The van der Waals surface area contributed by atoms with Crippen molar-refractivity contribution in [3.63, 3.8) is 0 Å². The van der Waals surface area contributed by atoms with Gasteiger partial charge in [-0.1, -0.05) is 36.4 Å². The molecule has 32 heavy (non-hydrogen) atoms. The molecule has 7 heteroatoms. The number of likely N-dealkylation sites (N-methyl/N-ethyl adjacent to an activating group) is 1. The number of piperidine rings is 1. The van der Waals surface area contributed by atoms with Gasteiger partial charge in [0.15, 0.2) is 0 Å². The van der Waals surface area contributed by atoms with Crippen LogP contribution in [-0.4, -0.2) is 60.4 Å². The molecule has 2 aromatic carbocycles. The predicted molar refractivity (Wildman–Crippen MR) is 123 cm³/mol. The topological polar surface area (TPSA) is 64.7 Å². The minimum atomic E-state index is -0.444. The van der Waals surface area contributed by atoms with Crippen LogP contribution in [-0.2, 0) is 9.59 Å². The molecule has 0 aliphatic carbocycles. The van der Waals surface area contributed by atoms with E-state index in [2.05, 4.69) is 39.6 Å². The summed E-state index contributed by atoms with van der Waals surface area (Å²) in [5.41, 5.74) is 1.89. The molecule has 2 heterocycles. The average molecular weight is 439 g/mol. The fourth-order valence-electron chi connectivity index (χ4n) is 5.59. The molecule has 2 aliphatic rings. The maximum Gasteiger partial charge on any atom is 0.238 e. The van der Waals surface area contributed by atoms with Crippen molar-refractivity contribution in [3.05, 3.63) is 65.5 Å². The fraction of sp³-hybridized carbons (Fsp3) is 0.440. The van der Waals surface area contributed by atoms with Crippen LogP contribution in [0.15, 0.2) is 48.5 Å². The molecule has 0 aromatic heterocycles. The van der Waals surface area contributed by atoms with E-state index < -0.39 is 11.4 Å². The Balaban J connectivity index is 1.51. The summed E-state index contributed by atoms with van der Waals surface area (Å²) in [6.07, 6.45) is 0.857. The minimum absolute atomic E-state index is 0.0646. The van der Waals surface area contributed by atoms with E-state index in [0.717, 1.165) is 18.5 Å². The smallest absolute Gasteiger partial charge is 0.238 e. The highest BCUT2D eigenvalue weighted by Gasteiger charge is 2.54. The normalized spacial score (nSPS) is 25.9. The number of carbonyl (C=O) groups is 2. The number of anilines is 1. The van der Waals surface area contributed by atoms with Gasteiger partial charge in [-0.2, -0.15) is 0 Å². The van der Waals surface area contributed by atoms with E-state index in [1.54, 1.807) is 19.1 Å². The number of nitrogens with zero attached hydrogens (tertiary/aromatic N) is 2. The third-order valence-electron chi connectivity index (χ3n) is 6.69. The molecule has 170 valence electrons. The summed E-state index contributed by atoms with van der Waals surface area (Å²) >= 11 is 0. The van der Waals surface area contributed by atoms with Crippen LogP contribution in [0.1, 0.15) is 30.5 Å². The monoisotopic (exact) mass is 438 g/mol. The second-order valence-electron chi connectivity index (χ2n) is 9.25. The molecule has 0 unspecified atom stereocenters. The number of benzene rings is 2. The molecule has 2 aliphatic heterocycles. The SMILES string of the molecule is CC(=O)N[C@@]12CN(CC(=O)Nc3cc(C)ccc3F)CC[C@@H]1[C@@H](c1ccccc1)N(C)C2. The zero-order chi connectivity index (χ0) is 22.9. The van der Waals surface area contributed by atoms with Gasteiger partial charge in [-0.25, -0.2) is 4.39 Å². The maximum absolute atomic E-state index is 14.1. The van der Waals surface area contributed by atoms with Crippen molar-refractivity contribution >= 4 is 17.5 Å². The van der Waals surface area contributed by atoms with Crippen molar-refractivity contribution in [2.75, 3.05) is 38.5 Å². The fourth-order valence-corrected chi connectivity index (χ4v) is 5.59. The molecule has 0 bridgehead atoms. The first-order valence-corrected chi connectivity index (χ1v) is 11.1. The van der Waals surface area contributed by atoms with Gasteiger partial charge in [0.05, 0.1) is 17.8 Å². The molecule has 0 saturated carbocycles. The maximum atomic E-state index is 14.1. The van der Waals surface area contributed by atoms with Crippen LogP contribution in [0.2, 0.25) is 0 Å². The Hall–Kier alpha value is -2.77. The Morgan fingerprint density at radius 3 is 2.62 bits per heavy atom. The summed E-state index contributed by atoms with van der Waals surface area (Å²) in [6.45, 7) is 5.59. The molecular weight excluding hydrogens is 407 g/mol. The number of nitrogens with one attached hydrogen (secondary N) is 2. The van der Waals surface area contributed by atoms with Gasteiger partial charge in [-0.15, -0.1) is 0 Å². The van der Waals surface area contributed by atoms with E-state index in [1.165, 1.54) is 11.6 Å². The second-order valence-corrected chi connectivity index (χ2v) is 9.25. The number of fused-ring (bicyclic) bond motifs is 1. The molecule has 2 fully saturated rings. The third kappa shape index (κ3) is 4.54. The molecule has 2 aromatic rings. The summed E-state index contributed by atoms with van der Waals surface area (Å²) in [7, 11) is 2.09. The summed E-state index contributed by atoms with van der Waals surface area (Å²) < 4.78 is 14.1. The quantitative estimate of drug-likeness (QED) is 0.754. The Bertz CT molecular complexity index is 999. The predicted octanol–water partition coefficient (Wildman–Crippen LogP) is 2.96. The number of amides is 2. The zero-order valence-electron chi connectivity index (χ0n) is 18.9. The number of likely N-dealkylation sites (tertiary alicyclic amines) is 2. The van der Waals surface area contributed by atoms with E-state index in [4.69, 9.17) is 0 Å². The first-order chi connectivity index (χ1) is 15.3. The van der Waals surface area contributed by atoms with Crippen molar-refractivity contribution in [2.45, 2.75) is 31.8 Å².